The van der Waals surface area contributed by atoms with Crippen LogP contribution in [0.3, 0.4) is 0 Å². The fourth-order valence-electron chi connectivity index (χ4n) is 2.70. The Morgan fingerprint density at radius 2 is 1.78 bits per heavy atom. The van der Waals surface area contributed by atoms with E-state index in [0.717, 1.165) is 35.8 Å². The molecule has 0 spiro atoms. The Balaban J connectivity index is 0.00000261. The second-order valence-corrected chi connectivity index (χ2v) is 5.85. The van der Waals surface area contributed by atoms with E-state index in [1.54, 1.807) is 7.05 Å². The van der Waals surface area contributed by atoms with E-state index in [0.29, 0.717) is 13.2 Å². The monoisotopic (exact) mass is 476 g/mol. The first-order chi connectivity index (χ1) is 12.9. The zero-order valence-electron chi connectivity index (χ0n) is 15.4. The summed E-state index contributed by atoms with van der Waals surface area (Å²) in [7, 11) is 1.77. The van der Waals surface area contributed by atoms with E-state index in [-0.39, 0.29) is 24.0 Å². The molecule has 0 aliphatic heterocycles. The second kappa shape index (κ2) is 11.4. The largest absolute Gasteiger partial charge is 0.494 e. The van der Waals surface area contributed by atoms with Crippen molar-refractivity contribution in [2.75, 3.05) is 20.2 Å². The summed E-state index contributed by atoms with van der Waals surface area (Å²) >= 11 is 0. The Bertz CT molecular complexity index is 850. The van der Waals surface area contributed by atoms with Gasteiger partial charge >= 0.3 is 0 Å². The lowest BCUT2D eigenvalue weighted by atomic mass is 10.1. The predicted octanol–water partition coefficient (Wildman–Crippen LogP) is 3.99. The number of aliphatic imine (C=N–C) groups is 1. The van der Waals surface area contributed by atoms with Crippen LogP contribution >= 0.6 is 24.0 Å². The molecule has 2 aromatic carbocycles. The summed E-state index contributed by atoms with van der Waals surface area (Å²) < 4.78 is 5.69. The van der Waals surface area contributed by atoms with Crippen molar-refractivity contribution in [1.82, 2.24) is 15.6 Å². The van der Waals surface area contributed by atoms with Crippen LogP contribution < -0.4 is 15.4 Å². The zero-order chi connectivity index (χ0) is 18.0. The molecule has 0 saturated heterocycles. The van der Waals surface area contributed by atoms with Gasteiger partial charge in [0.1, 0.15) is 5.75 Å². The zero-order valence-corrected chi connectivity index (χ0v) is 17.7. The fourth-order valence-corrected chi connectivity index (χ4v) is 2.70. The van der Waals surface area contributed by atoms with Gasteiger partial charge in [0.05, 0.1) is 18.8 Å². The van der Waals surface area contributed by atoms with Crippen molar-refractivity contribution in [2.24, 2.45) is 4.99 Å². The molecule has 0 radical (unpaired) electrons. The summed E-state index contributed by atoms with van der Waals surface area (Å²) in [5.74, 6) is 1.66. The summed E-state index contributed by atoms with van der Waals surface area (Å²) in [5.41, 5.74) is 1.01. The number of benzene rings is 2. The van der Waals surface area contributed by atoms with Crippen molar-refractivity contribution in [1.29, 1.82) is 0 Å². The summed E-state index contributed by atoms with van der Waals surface area (Å²) in [6.45, 7) is 2.08. The number of fused-ring (bicyclic) bond motifs is 1. The quantitative estimate of drug-likeness (QED) is 0.235. The van der Waals surface area contributed by atoms with E-state index in [2.05, 4.69) is 32.7 Å². The Hall–Kier alpha value is -2.35. The van der Waals surface area contributed by atoms with Gasteiger partial charge in [-0.05, 0) is 30.0 Å². The summed E-state index contributed by atoms with van der Waals surface area (Å²) in [6.07, 6.45) is 2.73. The molecule has 3 rings (SSSR count). The molecule has 0 fully saturated rings. The van der Waals surface area contributed by atoms with Crippen LogP contribution in [0, 0.1) is 0 Å². The van der Waals surface area contributed by atoms with Crippen molar-refractivity contribution in [3.8, 4) is 5.75 Å². The molecular formula is C21H25IN4O. The van der Waals surface area contributed by atoms with E-state index < -0.39 is 0 Å². The minimum atomic E-state index is 0. The van der Waals surface area contributed by atoms with Gasteiger partial charge < -0.3 is 15.4 Å². The summed E-state index contributed by atoms with van der Waals surface area (Å²) in [4.78, 5) is 8.76. The van der Waals surface area contributed by atoms with Gasteiger partial charge in [0.25, 0.3) is 0 Å². The van der Waals surface area contributed by atoms with Crippen molar-refractivity contribution >= 4 is 40.7 Å². The summed E-state index contributed by atoms with van der Waals surface area (Å²) in [6, 6.07) is 20.1. The van der Waals surface area contributed by atoms with Gasteiger partial charge in [-0.1, -0.05) is 42.5 Å². The molecule has 0 saturated carbocycles. The van der Waals surface area contributed by atoms with Gasteiger partial charge in [0.2, 0.25) is 0 Å². The molecule has 0 aliphatic rings. The van der Waals surface area contributed by atoms with Gasteiger partial charge in [-0.15, -0.1) is 24.0 Å². The molecule has 1 aromatic heterocycles. The lowest BCUT2D eigenvalue weighted by Gasteiger charge is -2.13. The minimum absolute atomic E-state index is 0. The van der Waals surface area contributed by atoms with Crippen LogP contribution in [0.25, 0.3) is 10.8 Å². The highest BCUT2D eigenvalue weighted by molar-refractivity contribution is 14.0. The smallest absolute Gasteiger partial charge is 0.191 e. The molecule has 2 N–H and O–H groups in total. The maximum absolute atomic E-state index is 5.69. The number of pyridine rings is 1. The Morgan fingerprint density at radius 1 is 1.00 bits per heavy atom. The van der Waals surface area contributed by atoms with Crippen LogP contribution in [0.15, 0.2) is 71.9 Å². The van der Waals surface area contributed by atoms with E-state index in [9.17, 15) is 0 Å². The van der Waals surface area contributed by atoms with Crippen molar-refractivity contribution < 1.29 is 4.74 Å². The molecule has 0 unspecified atom stereocenters. The Kier molecular flexibility index (Phi) is 8.83. The van der Waals surface area contributed by atoms with Crippen molar-refractivity contribution in [3.05, 3.63) is 72.6 Å². The van der Waals surface area contributed by atoms with Gasteiger partial charge in [-0.2, -0.15) is 0 Å². The molecule has 0 atom stereocenters. The van der Waals surface area contributed by atoms with E-state index >= 15 is 0 Å². The minimum Gasteiger partial charge on any atom is -0.494 e. The highest BCUT2D eigenvalue weighted by Gasteiger charge is 2.03. The molecule has 0 amide bonds. The molecular weight excluding hydrogens is 451 g/mol. The third kappa shape index (κ3) is 6.39. The molecule has 27 heavy (non-hydrogen) atoms. The number of nitrogens with one attached hydrogen (secondary N) is 2. The SMILES string of the molecule is CN=C(NCCCOc1ccccc1)NCc1nccc2ccccc12.I. The van der Waals surface area contributed by atoms with Gasteiger partial charge in [0.15, 0.2) is 5.96 Å². The fraction of sp³-hybridized carbons (Fsp3) is 0.238. The average molecular weight is 476 g/mol. The number of nitrogens with zero attached hydrogens (tertiary/aromatic N) is 2. The Labute approximate surface area is 177 Å². The first-order valence-electron chi connectivity index (χ1n) is 8.82. The topological polar surface area (TPSA) is 58.5 Å². The number of rotatable bonds is 7. The van der Waals surface area contributed by atoms with E-state index in [4.69, 9.17) is 4.74 Å². The molecule has 0 aliphatic carbocycles. The highest BCUT2D eigenvalue weighted by Crippen LogP contribution is 2.15. The molecule has 1 heterocycles. The van der Waals surface area contributed by atoms with Crippen LogP contribution in [-0.4, -0.2) is 31.1 Å². The number of ether oxygens (including phenoxy) is 1. The van der Waals surface area contributed by atoms with Crippen LogP contribution in [0.1, 0.15) is 12.1 Å². The van der Waals surface area contributed by atoms with Crippen LogP contribution in [-0.2, 0) is 6.54 Å². The van der Waals surface area contributed by atoms with E-state index in [1.165, 1.54) is 5.39 Å². The van der Waals surface area contributed by atoms with Crippen molar-refractivity contribution in [2.45, 2.75) is 13.0 Å². The standard InChI is InChI=1S/C21H24N4O.HI/c1-22-21(24-13-7-15-26-18-9-3-2-4-10-18)25-16-20-19-11-6-5-8-17(19)12-14-23-20;/h2-6,8-12,14H,7,13,15-16H2,1H3,(H2,22,24,25);1H. The normalized spacial score (nSPS) is 10.9. The molecule has 142 valence electrons. The maximum atomic E-state index is 5.69. The number of hydrogen-bond acceptors (Lipinski definition) is 3. The van der Waals surface area contributed by atoms with Gasteiger partial charge in [-0.3, -0.25) is 9.98 Å². The Morgan fingerprint density at radius 3 is 2.59 bits per heavy atom. The first kappa shape index (κ1) is 21.0. The first-order valence-corrected chi connectivity index (χ1v) is 8.82. The lowest BCUT2D eigenvalue weighted by molar-refractivity contribution is 0.311. The molecule has 6 heteroatoms. The molecule has 3 aromatic rings. The number of para-hydroxylation sites is 1. The van der Waals surface area contributed by atoms with Crippen molar-refractivity contribution in [3.63, 3.8) is 0 Å². The maximum Gasteiger partial charge on any atom is 0.191 e. The number of guanidine groups is 1. The summed E-state index contributed by atoms with van der Waals surface area (Å²) in [5, 5.41) is 8.98. The van der Waals surface area contributed by atoms with E-state index in [1.807, 2.05) is 54.7 Å². The van der Waals surface area contributed by atoms with Crippen LogP contribution in [0.5, 0.6) is 5.75 Å². The highest BCUT2D eigenvalue weighted by atomic mass is 127. The third-order valence-electron chi connectivity index (χ3n) is 4.03. The molecule has 5 nitrogen and oxygen atoms in total. The molecule has 0 bridgehead atoms. The number of halogens is 1. The number of hydrogen-bond donors (Lipinski definition) is 2. The number of aromatic nitrogens is 1. The second-order valence-electron chi connectivity index (χ2n) is 5.85. The predicted molar refractivity (Wildman–Crippen MR) is 122 cm³/mol. The lowest BCUT2D eigenvalue weighted by Crippen LogP contribution is -2.37. The van der Waals surface area contributed by atoms with Crippen LogP contribution in [0.4, 0.5) is 0 Å². The third-order valence-corrected chi connectivity index (χ3v) is 4.03. The van der Waals surface area contributed by atoms with Gasteiger partial charge in [0, 0.05) is 25.2 Å². The van der Waals surface area contributed by atoms with Gasteiger partial charge in [-0.25, -0.2) is 0 Å². The van der Waals surface area contributed by atoms with Crippen LogP contribution in [0.2, 0.25) is 0 Å². The average Bonchev–Trinajstić information content (AvgIpc) is 2.71.